The van der Waals surface area contributed by atoms with Gasteiger partial charge in [-0.05, 0) is 30.4 Å². The smallest absolute Gasteiger partial charge is 0.245 e. The minimum atomic E-state index is -0.329. The maximum Gasteiger partial charge on any atom is 0.245 e. The van der Waals surface area contributed by atoms with E-state index in [1.54, 1.807) is 4.90 Å². The van der Waals surface area contributed by atoms with Gasteiger partial charge in [0.25, 0.3) is 0 Å². The van der Waals surface area contributed by atoms with Crippen LogP contribution in [-0.2, 0) is 22.4 Å². The molecule has 1 atom stereocenters. The third kappa shape index (κ3) is 2.30. The van der Waals surface area contributed by atoms with Crippen LogP contribution in [-0.4, -0.2) is 35.3 Å². The number of amides is 2. The summed E-state index contributed by atoms with van der Waals surface area (Å²) in [5, 5.41) is 2.81. The van der Waals surface area contributed by atoms with Gasteiger partial charge in [0.15, 0.2) is 0 Å². The van der Waals surface area contributed by atoms with Crippen LogP contribution < -0.4 is 5.32 Å². The standard InChI is InChI=1S/C16H20N2O2/c1-2-5-14-16(20)18(10-15(19)17-14)13-8-11-6-3-4-7-12(11)9-13/h3-4,6-7,13-14H,2,5,8-10H2,1H3,(H,17,19). The number of rotatable bonds is 3. The van der Waals surface area contributed by atoms with Gasteiger partial charge >= 0.3 is 0 Å². The molecule has 1 aliphatic carbocycles. The molecule has 20 heavy (non-hydrogen) atoms. The maximum atomic E-state index is 12.5. The molecule has 0 bridgehead atoms. The summed E-state index contributed by atoms with van der Waals surface area (Å²) in [6.45, 7) is 2.24. The van der Waals surface area contributed by atoms with E-state index in [0.29, 0.717) is 0 Å². The lowest BCUT2D eigenvalue weighted by Gasteiger charge is -2.36. The summed E-state index contributed by atoms with van der Waals surface area (Å²) in [6, 6.07) is 8.12. The number of carbonyl (C=O) groups excluding carboxylic acids is 2. The first-order valence-electron chi connectivity index (χ1n) is 7.35. The van der Waals surface area contributed by atoms with E-state index in [1.165, 1.54) is 11.1 Å². The summed E-state index contributed by atoms with van der Waals surface area (Å²) in [4.78, 5) is 26.1. The fraction of sp³-hybridized carbons (Fsp3) is 0.500. The van der Waals surface area contributed by atoms with E-state index in [4.69, 9.17) is 0 Å². The second-order valence-electron chi connectivity index (χ2n) is 5.71. The van der Waals surface area contributed by atoms with Crippen LogP contribution in [0.5, 0.6) is 0 Å². The molecule has 1 aromatic rings. The van der Waals surface area contributed by atoms with Crippen molar-refractivity contribution >= 4 is 11.8 Å². The Kier molecular flexibility index (Phi) is 3.47. The van der Waals surface area contributed by atoms with E-state index in [-0.39, 0.29) is 30.4 Å². The summed E-state index contributed by atoms with van der Waals surface area (Å²) in [6.07, 6.45) is 3.36. The molecule has 1 heterocycles. The second kappa shape index (κ2) is 5.27. The highest BCUT2D eigenvalue weighted by molar-refractivity contribution is 5.95. The third-order valence-corrected chi connectivity index (χ3v) is 4.28. The Morgan fingerprint density at radius 3 is 2.45 bits per heavy atom. The Balaban J connectivity index is 1.77. The van der Waals surface area contributed by atoms with Crippen molar-refractivity contribution in [1.29, 1.82) is 0 Å². The molecular weight excluding hydrogens is 252 g/mol. The fourth-order valence-electron chi connectivity index (χ4n) is 3.28. The van der Waals surface area contributed by atoms with Crippen LogP contribution >= 0.6 is 0 Å². The first-order valence-corrected chi connectivity index (χ1v) is 7.35. The summed E-state index contributed by atoms with van der Waals surface area (Å²) >= 11 is 0. The molecule has 4 heteroatoms. The molecule has 1 aromatic carbocycles. The number of carbonyl (C=O) groups is 2. The average molecular weight is 272 g/mol. The van der Waals surface area contributed by atoms with E-state index in [2.05, 4.69) is 17.4 Å². The zero-order chi connectivity index (χ0) is 14.1. The van der Waals surface area contributed by atoms with Gasteiger partial charge in [-0.25, -0.2) is 0 Å². The number of fused-ring (bicyclic) bond motifs is 1. The zero-order valence-corrected chi connectivity index (χ0v) is 11.8. The topological polar surface area (TPSA) is 49.4 Å². The normalized spacial score (nSPS) is 22.9. The molecule has 1 fully saturated rings. The number of hydrogen-bond donors (Lipinski definition) is 1. The predicted molar refractivity (Wildman–Crippen MR) is 76.2 cm³/mol. The zero-order valence-electron chi connectivity index (χ0n) is 11.8. The monoisotopic (exact) mass is 272 g/mol. The molecule has 4 nitrogen and oxygen atoms in total. The molecule has 2 aliphatic rings. The van der Waals surface area contributed by atoms with Crippen molar-refractivity contribution in [2.24, 2.45) is 0 Å². The molecule has 1 aliphatic heterocycles. The van der Waals surface area contributed by atoms with Crippen molar-refractivity contribution in [2.75, 3.05) is 6.54 Å². The molecule has 2 amide bonds. The largest absolute Gasteiger partial charge is 0.343 e. The average Bonchev–Trinajstić information content (AvgIpc) is 2.86. The van der Waals surface area contributed by atoms with Gasteiger partial charge in [-0.2, -0.15) is 0 Å². The van der Waals surface area contributed by atoms with Crippen molar-refractivity contribution in [3.63, 3.8) is 0 Å². The van der Waals surface area contributed by atoms with E-state index in [0.717, 1.165) is 25.7 Å². The van der Waals surface area contributed by atoms with E-state index >= 15 is 0 Å². The van der Waals surface area contributed by atoms with E-state index in [9.17, 15) is 9.59 Å². The number of piperazine rings is 1. The van der Waals surface area contributed by atoms with Crippen molar-refractivity contribution in [2.45, 2.75) is 44.7 Å². The maximum absolute atomic E-state index is 12.5. The number of nitrogens with one attached hydrogen (secondary N) is 1. The molecule has 0 aromatic heterocycles. The lowest BCUT2D eigenvalue weighted by Crippen LogP contribution is -2.60. The number of hydrogen-bond acceptors (Lipinski definition) is 2. The van der Waals surface area contributed by atoms with Gasteiger partial charge in [0.2, 0.25) is 11.8 Å². The highest BCUT2D eigenvalue weighted by Gasteiger charge is 2.38. The van der Waals surface area contributed by atoms with Crippen molar-refractivity contribution in [1.82, 2.24) is 10.2 Å². The fourth-order valence-corrected chi connectivity index (χ4v) is 3.28. The highest BCUT2D eigenvalue weighted by atomic mass is 16.2. The van der Waals surface area contributed by atoms with Gasteiger partial charge in [-0.3, -0.25) is 9.59 Å². The quantitative estimate of drug-likeness (QED) is 0.901. The lowest BCUT2D eigenvalue weighted by molar-refractivity contribution is -0.146. The third-order valence-electron chi connectivity index (χ3n) is 4.28. The Hall–Kier alpha value is -1.84. The molecule has 1 unspecified atom stereocenters. The van der Waals surface area contributed by atoms with Crippen LogP contribution in [0.15, 0.2) is 24.3 Å². The minimum Gasteiger partial charge on any atom is -0.343 e. The molecule has 0 spiro atoms. The molecular formula is C16H20N2O2. The van der Waals surface area contributed by atoms with Gasteiger partial charge in [0.1, 0.15) is 6.04 Å². The first kappa shape index (κ1) is 13.2. The number of benzene rings is 1. The van der Waals surface area contributed by atoms with Gasteiger partial charge in [-0.15, -0.1) is 0 Å². The molecule has 1 N–H and O–H groups in total. The van der Waals surface area contributed by atoms with E-state index < -0.39 is 0 Å². The van der Waals surface area contributed by atoms with Crippen LogP contribution in [0.1, 0.15) is 30.9 Å². The van der Waals surface area contributed by atoms with E-state index in [1.807, 2.05) is 19.1 Å². The van der Waals surface area contributed by atoms with Crippen LogP contribution in [0.4, 0.5) is 0 Å². The minimum absolute atomic E-state index is 0.0287. The molecule has 1 saturated heterocycles. The Bertz CT molecular complexity index is 516. The summed E-state index contributed by atoms with van der Waals surface area (Å²) < 4.78 is 0. The van der Waals surface area contributed by atoms with Crippen molar-refractivity contribution in [3.05, 3.63) is 35.4 Å². The Labute approximate surface area is 119 Å². The highest BCUT2D eigenvalue weighted by Crippen LogP contribution is 2.26. The van der Waals surface area contributed by atoms with Gasteiger partial charge in [0, 0.05) is 6.04 Å². The second-order valence-corrected chi connectivity index (χ2v) is 5.71. The first-order chi connectivity index (χ1) is 9.69. The molecule has 106 valence electrons. The van der Waals surface area contributed by atoms with Crippen LogP contribution in [0.25, 0.3) is 0 Å². The summed E-state index contributed by atoms with van der Waals surface area (Å²) in [5.74, 6) is 0.0586. The van der Waals surface area contributed by atoms with Gasteiger partial charge in [0.05, 0.1) is 6.54 Å². The van der Waals surface area contributed by atoms with Gasteiger partial charge in [-0.1, -0.05) is 37.6 Å². The van der Waals surface area contributed by atoms with Crippen molar-refractivity contribution < 1.29 is 9.59 Å². The van der Waals surface area contributed by atoms with Crippen LogP contribution in [0, 0.1) is 0 Å². The molecule has 0 saturated carbocycles. The lowest BCUT2D eigenvalue weighted by atomic mass is 10.0. The molecule has 0 radical (unpaired) electrons. The Morgan fingerprint density at radius 1 is 1.20 bits per heavy atom. The SMILES string of the molecule is CCCC1NC(=O)CN(C2Cc3ccccc3C2)C1=O. The predicted octanol–water partition coefficient (Wildman–Crippen LogP) is 1.28. The molecule has 3 rings (SSSR count). The number of nitrogens with zero attached hydrogens (tertiary/aromatic N) is 1. The van der Waals surface area contributed by atoms with Crippen LogP contribution in [0.2, 0.25) is 0 Å². The van der Waals surface area contributed by atoms with Crippen LogP contribution in [0.3, 0.4) is 0 Å². The Morgan fingerprint density at radius 2 is 1.85 bits per heavy atom. The van der Waals surface area contributed by atoms with Crippen molar-refractivity contribution in [3.8, 4) is 0 Å². The summed E-state index contributed by atoms with van der Waals surface area (Å²) in [5.41, 5.74) is 2.62. The summed E-state index contributed by atoms with van der Waals surface area (Å²) in [7, 11) is 0. The van der Waals surface area contributed by atoms with Gasteiger partial charge < -0.3 is 10.2 Å².